The average molecular weight is 244 g/mol. The van der Waals surface area contributed by atoms with Crippen molar-refractivity contribution < 1.29 is 14.2 Å². The highest BCUT2D eigenvalue weighted by molar-refractivity contribution is 7.99. The molecular weight excluding hydrogens is 227 g/mol. The van der Waals surface area contributed by atoms with Gasteiger partial charge in [-0.25, -0.2) is 4.39 Å². The van der Waals surface area contributed by atoms with Crippen LogP contribution in [0.3, 0.4) is 0 Å². The van der Waals surface area contributed by atoms with Crippen LogP contribution >= 0.6 is 11.8 Å². The van der Waals surface area contributed by atoms with E-state index in [0.717, 1.165) is 0 Å². The molecule has 0 radical (unpaired) electrons. The number of aliphatic hydroxyl groups is 1. The second-order valence-corrected chi connectivity index (χ2v) is 5.39. The first kappa shape index (κ1) is 13.3. The van der Waals surface area contributed by atoms with E-state index >= 15 is 0 Å². The second-order valence-electron chi connectivity index (χ2n) is 3.78. The summed E-state index contributed by atoms with van der Waals surface area (Å²) in [5.41, 5.74) is 0.510. The summed E-state index contributed by atoms with van der Waals surface area (Å²) < 4.78 is 18.2. The zero-order chi connectivity index (χ0) is 12.1. The number of halogens is 1. The van der Waals surface area contributed by atoms with Crippen molar-refractivity contribution in [1.82, 2.24) is 0 Å². The molecule has 0 aliphatic heterocycles. The first-order valence-corrected chi connectivity index (χ1v) is 6.22. The minimum Gasteiger partial charge on any atom is -0.496 e. The van der Waals surface area contributed by atoms with Gasteiger partial charge >= 0.3 is 0 Å². The standard InChI is InChI=1S/C12H17FO2S/c1-8(2)16-7-11(14)10-6-9(13)4-5-12(10)15-3/h4-6,8,11,14H,7H2,1-3H3. The number of rotatable bonds is 5. The Balaban J connectivity index is 2.80. The maximum Gasteiger partial charge on any atom is 0.124 e. The van der Waals surface area contributed by atoms with Gasteiger partial charge in [0.05, 0.1) is 13.2 Å². The molecule has 0 aliphatic rings. The third-order valence-corrected chi connectivity index (χ3v) is 3.31. The van der Waals surface area contributed by atoms with Crippen LogP contribution in [0.15, 0.2) is 18.2 Å². The molecule has 0 aromatic heterocycles. The number of aliphatic hydroxyl groups excluding tert-OH is 1. The number of methoxy groups -OCH3 is 1. The summed E-state index contributed by atoms with van der Waals surface area (Å²) in [6.07, 6.45) is -0.696. The van der Waals surface area contributed by atoms with Gasteiger partial charge in [-0.15, -0.1) is 0 Å². The summed E-state index contributed by atoms with van der Waals surface area (Å²) in [4.78, 5) is 0. The summed E-state index contributed by atoms with van der Waals surface area (Å²) >= 11 is 1.63. The van der Waals surface area contributed by atoms with Crippen LogP contribution in [0.4, 0.5) is 4.39 Å². The molecule has 4 heteroatoms. The molecule has 1 unspecified atom stereocenters. The molecule has 1 aromatic rings. The predicted octanol–water partition coefficient (Wildman–Crippen LogP) is 3.01. The van der Waals surface area contributed by atoms with Gasteiger partial charge in [-0.2, -0.15) is 11.8 Å². The molecule has 0 bridgehead atoms. The number of hydrogen-bond donors (Lipinski definition) is 1. The summed E-state index contributed by atoms with van der Waals surface area (Å²) in [5, 5.41) is 10.4. The molecule has 0 spiro atoms. The normalized spacial score (nSPS) is 12.9. The van der Waals surface area contributed by atoms with Crippen LogP contribution in [0.5, 0.6) is 5.75 Å². The highest BCUT2D eigenvalue weighted by Gasteiger charge is 2.14. The summed E-state index contributed by atoms with van der Waals surface area (Å²) in [5.74, 6) is 0.708. The smallest absolute Gasteiger partial charge is 0.124 e. The molecule has 0 heterocycles. The van der Waals surface area contributed by atoms with E-state index in [2.05, 4.69) is 13.8 Å². The van der Waals surface area contributed by atoms with Crippen LogP contribution in [0, 0.1) is 5.82 Å². The van der Waals surface area contributed by atoms with Crippen molar-refractivity contribution in [1.29, 1.82) is 0 Å². The monoisotopic (exact) mass is 244 g/mol. The molecule has 0 saturated carbocycles. The maximum atomic E-state index is 13.1. The molecule has 0 aliphatic carbocycles. The van der Waals surface area contributed by atoms with Crippen molar-refractivity contribution in [3.8, 4) is 5.75 Å². The largest absolute Gasteiger partial charge is 0.496 e. The summed E-state index contributed by atoms with van der Waals surface area (Å²) in [6.45, 7) is 4.11. The van der Waals surface area contributed by atoms with E-state index in [-0.39, 0.29) is 5.82 Å². The molecule has 0 amide bonds. The molecule has 90 valence electrons. The number of hydrogen-bond acceptors (Lipinski definition) is 3. The van der Waals surface area contributed by atoms with Gasteiger partial charge in [-0.1, -0.05) is 13.8 Å². The van der Waals surface area contributed by atoms with E-state index < -0.39 is 6.10 Å². The van der Waals surface area contributed by atoms with E-state index in [1.807, 2.05) is 0 Å². The average Bonchev–Trinajstić information content (AvgIpc) is 2.25. The van der Waals surface area contributed by atoms with Crippen molar-refractivity contribution in [2.24, 2.45) is 0 Å². The van der Waals surface area contributed by atoms with E-state index in [9.17, 15) is 9.50 Å². The van der Waals surface area contributed by atoms with Crippen molar-refractivity contribution in [3.63, 3.8) is 0 Å². The van der Waals surface area contributed by atoms with Gasteiger partial charge in [-0.05, 0) is 23.4 Å². The van der Waals surface area contributed by atoms with E-state index in [4.69, 9.17) is 4.74 Å². The molecule has 1 aromatic carbocycles. The maximum absolute atomic E-state index is 13.1. The first-order chi connectivity index (χ1) is 7.54. The van der Waals surface area contributed by atoms with Crippen LogP contribution in [0.2, 0.25) is 0 Å². The lowest BCUT2D eigenvalue weighted by molar-refractivity contribution is 0.198. The lowest BCUT2D eigenvalue weighted by Crippen LogP contribution is -2.05. The number of ether oxygens (including phenoxy) is 1. The van der Waals surface area contributed by atoms with Gasteiger partial charge in [0.1, 0.15) is 11.6 Å². The fourth-order valence-corrected chi connectivity index (χ4v) is 2.09. The minimum absolute atomic E-state index is 0.357. The molecule has 16 heavy (non-hydrogen) atoms. The number of benzene rings is 1. The molecule has 1 atom stereocenters. The molecule has 2 nitrogen and oxygen atoms in total. The van der Waals surface area contributed by atoms with E-state index in [1.165, 1.54) is 25.3 Å². The molecule has 0 saturated heterocycles. The van der Waals surface area contributed by atoms with Crippen LogP contribution in [0.25, 0.3) is 0 Å². The van der Waals surface area contributed by atoms with Crippen molar-refractivity contribution in [2.75, 3.05) is 12.9 Å². The van der Waals surface area contributed by atoms with Gasteiger partial charge in [0.15, 0.2) is 0 Å². The van der Waals surface area contributed by atoms with Gasteiger partial charge in [0, 0.05) is 11.3 Å². The fourth-order valence-electron chi connectivity index (χ4n) is 1.34. The van der Waals surface area contributed by atoms with Gasteiger partial charge in [-0.3, -0.25) is 0 Å². The minimum atomic E-state index is -0.696. The Hall–Kier alpha value is -0.740. The Morgan fingerprint density at radius 1 is 1.44 bits per heavy atom. The Kier molecular flexibility index (Phi) is 5.09. The molecular formula is C12H17FO2S. The zero-order valence-corrected chi connectivity index (χ0v) is 10.6. The highest BCUT2D eigenvalue weighted by atomic mass is 32.2. The highest BCUT2D eigenvalue weighted by Crippen LogP contribution is 2.29. The third-order valence-electron chi connectivity index (χ3n) is 2.14. The Labute approximate surface area is 99.8 Å². The van der Waals surface area contributed by atoms with Gasteiger partial charge < -0.3 is 9.84 Å². The van der Waals surface area contributed by atoms with E-state index in [0.29, 0.717) is 22.3 Å². The predicted molar refractivity (Wildman–Crippen MR) is 65.5 cm³/mol. The lowest BCUT2D eigenvalue weighted by Gasteiger charge is -2.15. The van der Waals surface area contributed by atoms with Gasteiger partial charge in [0.2, 0.25) is 0 Å². The SMILES string of the molecule is COc1ccc(F)cc1C(O)CSC(C)C. The topological polar surface area (TPSA) is 29.5 Å². The Morgan fingerprint density at radius 2 is 2.12 bits per heavy atom. The summed E-state index contributed by atoms with van der Waals surface area (Å²) in [6, 6.07) is 4.18. The number of thioether (sulfide) groups is 1. The van der Waals surface area contributed by atoms with Crippen LogP contribution in [-0.4, -0.2) is 23.2 Å². The Bertz CT molecular complexity index is 342. The molecule has 1 N–H and O–H groups in total. The quantitative estimate of drug-likeness (QED) is 0.863. The molecule has 0 fully saturated rings. The molecule has 1 rings (SSSR count). The van der Waals surface area contributed by atoms with Crippen LogP contribution < -0.4 is 4.74 Å². The summed E-state index contributed by atoms with van der Waals surface area (Å²) in [7, 11) is 1.51. The lowest BCUT2D eigenvalue weighted by atomic mass is 10.1. The third kappa shape index (κ3) is 3.68. The first-order valence-electron chi connectivity index (χ1n) is 5.17. The Morgan fingerprint density at radius 3 is 2.69 bits per heavy atom. The fraction of sp³-hybridized carbons (Fsp3) is 0.500. The van der Waals surface area contributed by atoms with Crippen molar-refractivity contribution >= 4 is 11.8 Å². The van der Waals surface area contributed by atoms with Crippen LogP contribution in [0.1, 0.15) is 25.5 Å². The van der Waals surface area contributed by atoms with Crippen molar-refractivity contribution in [2.45, 2.75) is 25.2 Å². The van der Waals surface area contributed by atoms with E-state index in [1.54, 1.807) is 11.8 Å². The zero-order valence-electron chi connectivity index (χ0n) is 9.74. The second kappa shape index (κ2) is 6.11. The van der Waals surface area contributed by atoms with Crippen LogP contribution in [-0.2, 0) is 0 Å². The van der Waals surface area contributed by atoms with Crippen molar-refractivity contribution in [3.05, 3.63) is 29.6 Å². The van der Waals surface area contributed by atoms with Gasteiger partial charge in [0.25, 0.3) is 0 Å².